The van der Waals surface area contributed by atoms with Gasteiger partial charge in [0.2, 0.25) is 0 Å². The molecule has 128 valence electrons. The maximum atomic E-state index is 11.3. The van der Waals surface area contributed by atoms with Crippen LogP contribution < -0.4 is 5.32 Å². The van der Waals surface area contributed by atoms with E-state index in [2.05, 4.69) is 5.32 Å². The largest absolute Gasteiger partial charge is 0.483 e. The van der Waals surface area contributed by atoms with Crippen molar-refractivity contribution in [2.24, 2.45) is 0 Å². The molecule has 0 fully saturated rings. The zero-order chi connectivity index (χ0) is 17.6. The zero-order valence-electron chi connectivity index (χ0n) is 14.2. The van der Waals surface area contributed by atoms with Crippen molar-refractivity contribution in [3.63, 3.8) is 0 Å². The molecule has 0 aromatic rings. The molecule has 0 heterocycles. The van der Waals surface area contributed by atoms with Gasteiger partial charge in [0, 0.05) is 6.54 Å². The third-order valence-corrected chi connectivity index (χ3v) is 2.92. The summed E-state index contributed by atoms with van der Waals surface area (Å²) in [6, 6.07) is 0. The fourth-order valence-electron chi connectivity index (χ4n) is 1.12. The Morgan fingerprint density at radius 1 is 1.18 bits per heavy atom. The first-order valence-corrected chi connectivity index (χ1v) is 7.12. The van der Waals surface area contributed by atoms with Gasteiger partial charge in [-0.05, 0) is 41.5 Å². The Morgan fingerprint density at radius 2 is 1.73 bits per heavy atom. The van der Waals surface area contributed by atoms with Crippen LogP contribution in [-0.4, -0.2) is 58.4 Å². The highest BCUT2D eigenvalue weighted by Gasteiger charge is 2.38. The minimum atomic E-state index is -1.50. The SMILES string of the molecule is CC(C)(C)OC(=O)NCC=CB(O)OCC(C)(O)C(C)(C)O. The summed E-state index contributed by atoms with van der Waals surface area (Å²) in [5.74, 6) is 1.32. The van der Waals surface area contributed by atoms with Crippen LogP contribution in [0.3, 0.4) is 0 Å². The van der Waals surface area contributed by atoms with Crippen LogP contribution in [-0.2, 0) is 9.39 Å². The number of carbonyl (C=O) groups is 1. The fourth-order valence-corrected chi connectivity index (χ4v) is 1.12. The first-order chi connectivity index (χ1) is 9.74. The van der Waals surface area contributed by atoms with Crippen LogP contribution in [0.1, 0.15) is 41.5 Å². The van der Waals surface area contributed by atoms with Crippen molar-refractivity contribution < 1.29 is 29.4 Å². The Morgan fingerprint density at radius 3 is 2.18 bits per heavy atom. The van der Waals surface area contributed by atoms with Crippen molar-refractivity contribution in [2.45, 2.75) is 58.3 Å². The highest BCUT2D eigenvalue weighted by molar-refractivity contribution is 6.49. The molecule has 0 aliphatic heterocycles. The van der Waals surface area contributed by atoms with Gasteiger partial charge in [-0.2, -0.15) is 0 Å². The van der Waals surface area contributed by atoms with Gasteiger partial charge in [0.1, 0.15) is 11.2 Å². The number of nitrogens with one attached hydrogen (secondary N) is 1. The second kappa shape index (κ2) is 7.96. The van der Waals surface area contributed by atoms with Crippen molar-refractivity contribution in [1.82, 2.24) is 5.32 Å². The van der Waals surface area contributed by atoms with Crippen LogP contribution in [0.2, 0.25) is 0 Å². The third kappa shape index (κ3) is 9.04. The quantitative estimate of drug-likeness (QED) is 0.513. The van der Waals surface area contributed by atoms with Crippen LogP contribution in [0.25, 0.3) is 0 Å². The molecule has 1 unspecified atom stereocenters. The van der Waals surface area contributed by atoms with Gasteiger partial charge < -0.3 is 29.9 Å². The molecule has 0 aromatic carbocycles. The average molecular weight is 317 g/mol. The monoisotopic (exact) mass is 317 g/mol. The standard InChI is InChI=1S/C14H28BNO6/c1-12(2,3)22-11(17)16-9-7-8-15(20)21-10-14(6,19)13(4,5)18/h7-8,18-20H,9-10H2,1-6H3,(H,16,17). The number of hydrogen-bond donors (Lipinski definition) is 4. The number of ether oxygens (including phenoxy) is 1. The molecule has 1 atom stereocenters. The van der Waals surface area contributed by atoms with Gasteiger partial charge in [0.05, 0.1) is 12.2 Å². The van der Waals surface area contributed by atoms with Crippen LogP contribution in [0.5, 0.6) is 0 Å². The minimum absolute atomic E-state index is 0.164. The summed E-state index contributed by atoms with van der Waals surface area (Å²) in [7, 11) is -1.26. The van der Waals surface area contributed by atoms with Gasteiger partial charge in [-0.15, -0.1) is 0 Å². The Labute approximate surface area is 132 Å². The summed E-state index contributed by atoms with van der Waals surface area (Å²) in [5, 5.41) is 31.8. The molecule has 0 aliphatic carbocycles. The molecule has 0 saturated carbocycles. The molecular weight excluding hydrogens is 289 g/mol. The van der Waals surface area contributed by atoms with E-state index in [1.165, 1.54) is 32.8 Å². The highest BCUT2D eigenvalue weighted by atomic mass is 16.6. The summed E-state index contributed by atoms with van der Waals surface area (Å²) in [6.45, 7) is 9.50. The van der Waals surface area contributed by atoms with Gasteiger partial charge in [-0.1, -0.05) is 12.1 Å². The van der Waals surface area contributed by atoms with Crippen molar-refractivity contribution in [2.75, 3.05) is 13.2 Å². The van der Waals surface area contributed by atoms with E-state index in [1.54, 1.807) is 20.8 Å². The van der Waals surface area contributed by atoms with E-state index < -0.39 is 30.0 Å². The van der Waals surface area contributed by atoms with E-state index in [4.69, 9.17) is 9.39 Å². The van der Waals surface area contributed by atoms with E-state index in [-0.39, 0.29) is 13.2 Å². The molecule has 8 heteroatoms. The van der Waals surface area contributed by atoms with E-state index in [0.717, 1.165) is 0 Å². The average Bonchev–Trinajstić information content (AvgIpc) is 2.28. The zero-order valence-corrected chi connectivity index (χ0v) is 14.2. The minimum Gasteiger partial charge on any atom is -0.444 e. The second-order valence-electron chi connectivity index (χ2n) is 6.85. The molecule has 0 radical (unpaired) electrons. The topological polar surface area (TPSA) is 108 Å². The number of hydrogen-bond acceptors (Lipinski definition) is 6. The lowest BCUT2D eigenvalue weighted by Gasteiger charge is -2.35. The maximum Gasteiger partial charge on any atom is 0.483 e. The van der Waals surface area contributed by atoms with Gasteiger partial charge in [0.25, 0.3) is 0 Å². The predicted molar refractivity (Wildman–Crippen MR) is 84.2 cm³/mol. The molecule has 0 saturated heterocycles. The Kier molecular flexibility index (Phi) is 7.57. The van der Waals surface area contributed by atoms with Crippen molar-refractivity contribution in [1.29, 1.82) is 0 Å². The van der Waals surface area contributed by atoms with Crippen LogP contribution in [0.15, 0.2) is 12.1 Å². The first kappa shape index (κ1) is 20.9. The number of amides is 1. The van der Waals surface area contributed by atoms with Crippen LogP contribution in [0, 0.1) is 0 Å². The van der Waals surface area contributed by atoms with Crippen molar-refractivity contribution >= 4 is 13.2 Å². The lowest BCUT2D eigenvalue weighted by atomic mass is 9.86. The highest BCUT2D eigenvalue weighted by Crippen LogP contribution is 2.21. The Hall–Kier alpha value is -1.09. The summed E-state index contributed by atoms with van der Waals surface area (Å²) in [5.41, 5.74) is -3.44. The van der Waals surface area contributed by atoms with E-state index in [0.29, 0.717) is 0 Å². The van der Waals surface area contributed by atoms with Gasteiger partial charge >= 0.3 is 13.2 Å². The summed E-state index contributed by atoms with van der Waals surface area (Å²) >= 11 is 0. The van der Waals surface area contributed by atoms with E-state index in [1.807, 2.05) is 0 Å². The third-order valence-electron chi connectivity index (χ3n) is 2.92. The van der Waals surface area contributed by atoms with Crippen LogP contribution in [0.4, 0.5) is 4.79 Å². The normalized spacial score (nSPS) is 15.5. The molecule has 0 aliphatic rings. The number of alkyl carbamates (subject to hydrolysis) is 1. The van der Waals surface area contributed by atoms with Gasteiger partial charge in [0.15, 0.2) is 0 Å². The van der Waals surface area contributed by atoms with Crippen molar-refractivity contribution in [3.05, 3.63) is 12.1 Å². The Bertz CT molecular complexity index is 384. The number of aliphatic hydroxyl groups is 2. The van der Waals surface area contributed by atoms with Gasteiger partial charge in [-0.3, -0.25) is 0 Å². The molecule has 0 rings (SSSR count). The van der Waals surface area contributed by atoms with Crippen LogP contribution >= 0.6 is 0 Å². The molecule has 4 N–H and O–H groups in total. The molecular formula is C14H28BNO6. The summed E-state index contributed by atoms with van der Waals surface area (Å²) < 4.78 is 10.1. The Balaban J connectivity index is 4.08. The van der Waals surface area contributed by atoms with Gasteiger partial charge in [-0.25, -0.2) is 4.79 Å². The molecule has 0 bridgehead atoms. The maximum absolute atomic E-state index is 11.3. The smallest absolute Gasteiger partial charge is 0.444 e. The lowest BCUT2D eigenvalue weighted by molar-refractivity contribution is -0.139. The number of carbonyl (C=O) groups excluding carboxylic acids is 1. The first-order valence-electron chi connectivity index (χ1n) is 7.12. The van der Waals surface area contributed by atoms with Crippen molar-refractivity contribution in [3.8, 4) is 0 Å². The summed E-state index contributed by atoms with van der Waals surface area (Å²) in [4.78, 5) is 11.3. The second-order valence-corrected chi connectivity index (χ2v) is 6.85. The fraction of sp³-hybridized carbons (Fsp3) is 0.786. The molecule has 1 amide bonds. The molecule has 22 heavy (non-hydrogen) atoms. The molecule has 0 aromatic heterocycles. The van der Waals surface area contributed by atoms with E-state index >= 15 is 0 Å². The lowest BCUT2D eigenvalue weighted by Crippen LogP contribution is -2.51. The predicted octanol–water partition coefficient (Wildman–Crippen LogP) is 0.625. The number of rotatable bonds is 7. The van der Waals surface area contributed by atoms with E-state index in [9.17, 15) is 20.0 Å². The molecule has 0 spiro atoms. The summed E-state index contributed by atoms with van der Waals surface area (Å²) in [6.07, 6.45) is 0.936. The molecule has 7 nitrogen and oxygen atoms in total.